The van der Waals surface area contributed by atoms with E-state index in [9.17, 15) is 19.5 Å². The summed E-state index contributed by atoms with van der Waals surface area (Å²) >= 11 is 0. The van der Waals surface area contributed by atoms with Gasteiger partial charge >= 0.3 is 5.97 Å². The van der Waals surface area contributed by atoms with Gasteiger partial charge in [-0.2, -0.15) is 0 Å². The second kappa shape index (κ2) is 13.4. The Kier molecular flexibility index (Phi) is 11.6. The molecule has 0 spiro atoms. The van der Waals surface area contributed by atoms with Crippen molar-refractivity contribution < 1.29 is 24.2 Å². The fraction of sp³-hybridized carbons (Fsp3) is 0.593. The van der Waals surface area contributed by atoms with Crippen LogP contribution in [-0.2, 0) is 24.5 Å². The summed E-state index contributed by atoms with van der Waals surface area (Å²) in [6, 6.07) is 7.39. The zero-order chi connectivity index (χ0) is 26.9. The van der Waals surface area contributed by atoms with Gasteiger partial charge in [0, 0.05) is 18.0 Å². The van der Waals surface area contributed by atoms with Gasteiger partial charge in [0.2, 0.25) is 11.8 Å². The van der Waals surface area contributed by atoms with E-state index >= 15 is 0 Å². The summed E-state index contributed by atoms with van der Waals surface area (Å²) < 4.78 is 5.06. The first-order valence-corrected chi connectivity index (χ1v) is 12.1. The van der Waals surface area contributed by atoms with Crippen LogP contribution in [0.15, 0.2) is 42.0 Å². The minimum Gasteiger partial charge on any atom is -0.463 e. The maximum absolute atomic E-state index is 13.5. The number of likely N-dealkylation sites (N-methyl/N-ethyl adjacent to an activating group) is 2. The first-order chi connectivity index (χ1) is 16.3. The second-order valence-corrected chi connectivity index (χ2v) is 9.79. The van der Waals surface area contributed by atoms with E-state index in [-0.39, 0.29) is 12.5 Å². The van der Waals surface area contributed by atoms with Crippen LogP contribution in [0.4, 0.5) is 0 Å². The standard InChI is InChI=1S/C27H43N3O5/c1-10-35-26(34)18(4)16-21(17(2)3)30(9)25(33)22(19(5)31)29-24(32)23(28-8)27(6,7)20-14-12-11-13-15-20/h11-17,19,21-23,28,31H,10H2,1-9H3,(H,29,32)/t19-,21+,22-,23+/m0/s1. The van der Waals surface area contributed by atoms with Crippen LogP contribution in [0.2, 0.25) is 0 Å². The molecule has 0 saturated heterocycles. The molecule has 0 unspecified atom stereocenters. The van der Waals surface area contributed by atoms with E-state index in [1.807, 2.05) is 58.0 Å². The van der Waals surface area contributed by atoms with Gasteiger partial charge in [0.25, 0.3) is 0 Å². The molecule has 4 atom stereocenters. The Labute approximate surface area is 210 Å². The largest absolute Gasteiger partial charge is 0.463 e. The molecule has 0 aliphatic carbocycles. The highest BCUT2D eigenvalue weighted by Crippen LogP contribution is 2.27. The van der Waals surface area contributed by atoms with Gasteiger partial charge in [-0.3, -0.25) is 9.59 Å². The van der Waals surface area contributed by atoms with Crippen LogP contribution in [0.5, 0.6) is 0 Å². The number of aliphatic hydroxyl groups is 1. The predicted molar refractivity (Wildman–Crippen MR) is 138 cm³/mol. The summed E-state index contributed by atoms with van der Waals surface area (Å²) in [7, 11) is 3.30. The van der Waals surface area contributed by atoms with Crippen molar-refractivity contribution >= 4 is 17.8 Å². The molecule has 0 aliphatic heterocycles. The van der Waals surface area contributed by atoms with E-state index in [0.717, 1.165) is 5.56 Å². The third-order valence-corrected chi connectivity index (χ3v) is 6.33. The summed E-state index contributed by atoms with van der Waals surface area (Å²) in [6.07, 6.45) is 0.560. The molecule has 196 valence electrons. The molecule has 3 N–H and O–H groups in total. The van der Waals surface area contributed by atoms with Crippen molar-refractivity contribution in [1.82, 2.24) is 15.5 Å². The summed E-state index contributed by atoms with van der Waals surface area (Å²) in [4.78, 5) is 40.4. The predicted octanol–water partition coefficient (Wildman–Crippen LogP) is 2.41. The highest BCUT2D eigenvalue weighted by Gasteiger charge is 2.39. The molecule has 8 nitrogen and oxygen atoms in total. The number of hydrogen-bond acceptors (Lipinski definition) is 6. The molecule has 0 radical (unpaired) electrons. The lowest BCUT2D eigenvalue weighted by molar-refractivity contribution is -0.141. The molecule has 0 bridgehead atoms. The fourth-order valence-corrected chi connectivity index (χ4v) is 4.17. The van der Waals surface area contributed by atoms with Crippen molar-refractivity contribution in [3.05, 3.63) is 47.5 Å². The zero-order valence-corrected chi connectivity index (χ0v) is 22.6. The molecule has 35 heavy (non-hydrogen) atoms. The van der Waals surface area contributed by atoms with Crippen LogP contribution in [0.25, 0.3) is 0 Å². The minimum absolute atomic E-state index is 0.0271. The number of esters is 1. The van der Waals surface area contributed by atoms with E-state index in [0.29, 0.717) is 5.57 Å². The Balaban J connectivity index is 3.18. The van der Waals surface area contributed by atoms with Gasteiger partial charge < -0.3 is 25.4 Å². The number of ether oxygens (including phenoxy) is 1. The first-order valence-electron chi connectivity index (χ1n) is 12.1. The van der Waals surface area contributed by atoms with Crippen molar-refractivity contribution in [2.24, 2.45) is 5.92 Å². The van der Waals surface area contributed by atoms with Gasteiger partial charge in [0.05, 0.1) is 24.8 Å². The van der Waals surface area contributed by atoms with Gasteiger partial charge in [0.15, 0.2) is 0 Å². The number of hydrogen-bond donors (Lipinski definition) is 3. The number of nitrogens with one attached hydrogen (secondary N) is 2. The smallest absolute Gasteiger partial charge is 0.333 e. The molecular weight excluding hydrogens is 446 g/mol. The average Bonchev–Trinajstić information content (AvgIpc) is 2.80. The fourth-order valence-electron chi connectivity index (χ4n) is 4.17. The third kappa shape index (κ3) is 7.90. The summed E-state index contributed by atoms with van der Waals surface area (Å²) in [5.41, 5.74) is 0.770. The average molecular weight is 490 g/mol. The van der Waals surface area contributed by atoms with E-state index in [2.05, 4.69) is 10.6 Å². The Hall–Kier alpha value is -2.71. The van der Waals surface area contributed by atoms with Crippen LogP contribution < -0.4 is 10.6 Å². The quantitative estimate of drug-likeness (QED) is 0.307. The Morgan fingerprint density at radius 1 is 1.14 bits per heavy atom. The number of aliphatic hydroxyl groups excluding tert-OH is 1. The summed E-state index contributed by atoms with van der Waals surface area (Å²) in [5, 5.41) is 16.3. The molecule has 0 saturated carbocycles. The van der Waals surface area contributed by atoms with Crippen molar-refractivity contribution in [3.63, 3.8) is 0 Å². The van der Waals surface area contributed by atoms with E-state index in [4.69, 9.17) is 4.74 Å². The highest BCUT2D eigenvalue weighted by molar-refractivity contribution is 5.91. The third-order valence-electron chi connectivity index (χ3n) is 6.33. The second-order valence-electron chi connectivity index (χ2n) is 9.79. The molecule has 8 heteroatoms. The summed E-state index contributed by atoms with van der Waals surface area (Å²) in [6.45, 7) is 12.9. The Morgan fingerprint density at radius 2 is 1.71 bits per heavy atom. The lowest BCUT2D eigenvalue weighted by Gasteiger charge is -2.37. The maximum atomic E-state index is 13.5. The van der Waals surface area contributed by atoms with Crippen molar-refractivity contribution in [2.45, 2.75) is 78.1 Å². The topological polar surface area (TPSA) is 108 Å². The monoisotopic (exact) mass is 489 g/mol. The van der Waals surface area contributed by atoms with Crippen molar-refractivity contribution in [2.75, 3.05) is 20.7 Å². The van der Waals surface area contributed by atoms with Gasteiger partial charge in [-0.15, -0.1) is 0 Å². The van der Waals surface area contributed by atoms with Gasteiger partial charge in [-0.25, -0.2) is 4.79 Å². The minimum atomic E-state index is -1.16. The molecule has 0 fully saturated rings. The SMILES string of the molecule is CCOC(=O)C(C)=C[C@H](C(C)C)N(C)C(=O)[C@@H](NC(=O)[C@@H](NC)C(C)(C)c1ccccc1)[C@H](C)O. The van der Waals surface area contributed by atoms with Crippen LogP contribution >= 0.6 is 0 Å². The number of carbonyl (C=O) groups excluding carboxylic acids is 3. The molecule has 2 amide bonds. The molecule has 1 rings (SSSR count). The molecule has 1 aromatic rings. The number of carbonyl (C=O) groups is 3. The van der Waals surface area contributed by atoms with Gasteiger partial charge in [-0.05, 0) is 39.3 Å². The van der Waals surface area contributed by atoms with E-state index < -0.39 is 47.4 Å². The molecule has 1 aromatic carbocycles. The lowest BCUT2D eigenvalue weighted by atomic mass is 9.77. The number of benzene rings is 1. The van der Waals surface area contributed by atoms with Crippen LogP contribution in [0.3, 0.4) is 0 Å². The Morgan fingerprint density at radius 3 is 2.17 bits per heavy atom. The van der Waals surface area contributed by atoms with Crippen molar-refractivity contribution in [1.29, 1.82) is 0 Å². The number of amides is 2. The number of rotatable bonds is 12. The lowest BCUT2D eigenvalue weighted by Crippen LogP contribution is -2.61. The number of nitrogens with zero attached hydrogens (tertiary/aromatic N) is 1. The highest BCUT2D eigenvalue weighted by atomic mass is 16.5. The molecule has 0 heterocycles. The van der Waals surface area contributed by atoms with Crippen LogP contribution in [0, 0.1) is 5.92 Å². The van der Waals surface area contributed by atoms with Gasteiger partial charge in [-0.1, -0.05) is 64.1 Å². The first kappa shape index (κ1) is 30.3. The normalized spacial score (nSPS) is 15.7. The zero-order valence-electron chi connectivity index (χ0n) is 22.6. The van der Waals surface area contributed by atoms with E-state index in [1.54, 1.807) is 34.0 Å². The summed E-state index contributed by atoms with van der Waals surface area (Å²) in [5.74, 6) is -1.32. The van der Waals surface area contributed by atoms with Crippen LogP contribution in [-0.4, -0.2) is 72.7 Å². The molecule has 0 aromatic heterocycles. The van der Waals surface area contributed by atoms with Gasteiger partial charge in [0.1, 0.15) is 6.04 Å². The van der Waals surface area contributed by atoms with Crippen LogP contribution in [0.1, 0.15) is 54.0 Å². The molecule has 0 aliphatic rings. The van der Waals surface area contributed by atoms with E-state index in [1.165, 1.54) is 11.8 Å². The maximum Gasteiger partial charge on any atom is 0.333 e. The van der Waals surface area contributed by atoms with Crippen molar-refractivity contribution in [3.8, 4) is 0 Å². The molecular formula is C27H43N3O5. The Bertz CT molecular complexity index is 880.